The number of fused-ring (bicyclic) bond motifs is 1. The molecule has 0 radical (unpaired) electrons. The lowest BCUT2D eigenvalue weighted by Crippen LogP contribution is -2.22. The third-order valence-electron chi connectivity index (χ3n) is 4.71. The zero-order chi connectivity index (χ0) is 22.1. The Morgan fingerprint density at radius 2 is 1.87 bits per heavy atom. The second-order valence-corrected chi connectivity index (χ2v) is 6.76. The van der Waals surface area contributed by atoms with E-state index >= 15 is 0 Å². The SMILES string of the molecule is Cc1ccc2c(=O)n(CCO)ccc2c1NC(=O)Cc1cccc(C(F)(F)F)c1F. The summed E-state index contributed by atoms with van der Waals surface area (Å²) in [5.74, 6) is -2.20. The van der Waals surface area contributed by atoms with E-state index in [2.05, 4.69) is 5.32 Å². The molecule has 2 aromatic carbocycles. The van der Waals surface area contributed by atoms with E-state index in [0.29, 0.717) is 28.1 Å². The Morgan fingerprint density at radius 3 is 2.53 bits per heavy atom. The third kappa shape index (κ3) is 4.20. The van der Waals surface area contributed by atoms with Gasteiger partial charge in [-0.1, -0.05) is 18.2 Å². The summed E-state index contributed by atoms with van der Waals surface area (Å²) in [6.45, 7) is 1.59. The molecule has 158 valence electrons. The van der Waals surface area contributed by atoms with Crippen LogP contribution in [0.25, 0.3) is 10.8 Å². The lowest BCUT2D eigenvalue weighted by atomic mass is 10.0. The second-order valence-electron chi connectivity index (χ2n) is 6.76. The molecule has 0 aliphatic rings. The minimum Gasteiger partial charge on any atom is -0.395 e. The first kappa shape index (κ1) is 21.5. The summed E-state index contributed by atoms with van der Waals surface area (Å²) >= 11 is 0. The standard InChI is InChI=1S/C21H18F4N2O3/c1-12-5-6-15-14(7-8-27(9-10-28)20(15)30)19(12)26-17(29)11-13-3-2-4-16(18(13)22)21(23,24)25/h2-8,28H,9-11H2,1H3,(H,26,29). The number of aromatic nitrogens is 1. The average molecular weight is 422 g/mol. The van der Waals surface area contributed by atoms with Crippen molar-refractivity contribution in [2.24, 2.45) is 0 Å². The summed E-state index contributed by atoms with van der Waals surface area (Å²) in [6, 6.07) is 7.58. The van der Waals surface area contributed by atoms with Gasteiger partial charge in [-0.25, -0.2) is 4.39 Å². The van der Waals surface area contributed by atoms with Gasteiger partial charge < -0.3 is 15.0 Å². The molecule has 1 heterocycles. The number of hydrogen-bond acceptors (Lipinski definition) is 3. The van der Waals surface area contributed by atoms with E-state index in [1.807, 2.05) is 0 Å². The number of pyridine rings is 1. The number of nitrogens with one attached hydrogen (secondary N) is 1. The fourth-order valence-electron chi connectivity index (χ4n) is 3.22. The van der Waals surface area contributed by atoms with Crippen molar-refractivity contribution in [3.63, 3.8) is 0 Å². The third-order valence-corrected chi connectivity index (χ3v) is 4.71. The number of rotatable bonds is 5. The number of carbonyl (C=O) groups is 1. The van der Waals surface area contributed by atoms with Gasteiger partial charge in [0.1, 0.15) is 5.82 Å². The number of aliphatic hydroxyl groups is 1. The van der Waals surface area contributed by atoms with Gasteiger partial charge >= 0.3 is 6.18 Å². The number of aliphatic hydroxyl groups excluding tert-OH is 1. The van der Waals surface area contributed by atoms with Crippen molar-refractivity contribution in [3.8, 4) is 0 Å². The first-order valence-electron chi connectivity index (χ1n) is 9.01. The largest absolute Gasteiger partial charge is 0.419 e. The lowest BCUT2D eigenvalue weighted by Gasteiger charge is -2.14. The lowest BCUT2D eigenvalue weighted by molar-refractivity contribution is -0.140. The highest BCUT2D eigenvalue weighted by Gasteiger charge is 2.35. The van der Waals surface area contributed by atoms with Crippen LogP contribution in [0, 0.1) is 12.7 Å². The van der Waals surface area contributed by atoms with Crippen LogP contribution in [-0.2, 0) is 23.9 Å². The molecule has 3 rings (SSSR count). The van der Waals surface area contributed by atoms with Gasteiger partial charge in [-0.05, 0) is 36.2 Å². The molecule has 0 aliphatic carbocycles. The highest BCUT2D eigenvalue weighted by Crippen LogP contribution is 2.32. The molecular weight excluding hydrogens is 404 g/mol. The Kier molecular flexibility index (Phi) is 5.93. The van der Waals surface area contributed by atoms with Crippen LogP contribution in [0.4, 0.5) is 23.2 Å². The molecule has 0 unspecified atom stereocenters. The van der Waals surface area contributed by atoms with E-state index in [9.17, 15) is 27.2 Å². The van der Waals surface area contributed by atoms with Crippen LogP contribution in [0.3, 0.4) is 0 Å². The maximum atomic E-state index is 14.2. The first-order valence-corrected chi connectivity index (χ1v) is 9.01. The number of aryl methyl sites for hydroxylation is 1. The predicted octanol–water partition coefficient (Wildman–Crippen LogP) is 3.64. The van der Waals surface area contributed by atoms with Crippen molar-refractivity contribution in [2.75, 3.05) is 11.9 Å². The number of hydrogen-bond donors (Lipinski definition) is 2. The van der Waals surface area contributed by atoms with E-state index in [-0.39, 0.29) is 24.3 Å². The molecule has 0 atom stereocenters. The van der Waals surface area contributed by atoms with Gasteiger partial charge in [0.05, 0.1) is 24.3 Å². The zero-order valence-corrected chi connectivity index (χ0v) is 15.9. The van der Waals surface area contributed by atoms with Gasteiger partial charge in [0.2, 0.25) is 5.91 Å². The summed E-state index contributed by atoms with van der Waals surface area (Å²) in [7, 11) is 0. The van der Waals surface area contributed by atoms with E-state index in [1.54, 1.807) is 25.1 Å². The molecule has 30 heavy (non-hydrogen) atoms. The van der Waals surface area contributed by atoms with Crippen LogP contribution in [-0.4, -0.2) is 22.2 Å². The summed E-state index contributed by atoms with van der Waals surface area (Å²) in [6.07, 6.45) is -3.99. The first-order chi connectivity index (χ1) is 14.1. The molecular formula is C21H18F4N2O3. The van der Waals surface area contributed by atoms with Crippen molar-refractivity contribution in [1.82, 2.24) is 4.57 Å². The molecule has 3 aromatic rings. The highest BCUT2D eigenvalue weighted by atomic mass is 19.4. The molecule has 0 bridgehead atoms. The Hall–Kier alpha value is -3.20. The molecule has 0 saturated carbocycles. The summed E-state index contributed by atoms with van der Waals surface area (Å²) in [5, 5.41) is 12.4. The van der Waals surface area contributed by atoms with Gasteiger partial charge in [0.25, 0.3) is 5.56 Å². The Labute approximate surface area is 168 Å². The smallest absolute Gasteiger partial charge is 0.395 e. The van der Waals surface area contributed by atoms with Crippen molar-refractivity contribution in [1.29, 1.82) is 0 Å². The van der Waals surface area contributed by atoms with Crippen molar-refractivity contribution in [3.05, 3.63) is 75.5 Å². The van der Waals surface area contributed by atoms with Crippen molar-refractivity contribution < 1.29 is 27.5 Å². The van der Waals surface area contributed by atoms with Gasteiger partial charge in [0.15, 0.2) is 0 Å². The monoisotopic (exact) mass is 422 g/mol. The van der Waals surface area contributed by atoms with Crippen LogP contribution in [0.1, 0.15) is 16.7 Å². The molecule has 1 amide bonds. The van der Waals surface area contributed by atoms with E-state index < -0.39 is 29.9 Å². The summed E-state index contributed by atoms with van der Waals surface area (Å²) in [5.41, 5.74) is -1.23. The number of benzene rings is 2. The van der Waals surface area contributed by atoms with Crippen LogP contribution in [0.15, 0.2) is 47.4 Å². The van der Waals surface area contributed by atoms with E-state index in [1.165, 1.54) is 10.8 Å². The molecule has 2 N–H and O–H groups in total. The minimum absolute atomic E-state index is 0.110. The number of nitrogens with zero attached hydrogens (tertiary/aromatic N) is 1. The molecule has 1 aromatic heterocycles. The quantitative estimate of drug-likeness (QED) is 0.617. The molecule has 0 fully saturated rings. The van der Waals surface area contributed by atoms with Crippen LogP contribution < -0.4 is 10.9 Å². The Bertz CT molecular complexity index is 1170. The number of anilines is 1. The second kappa shape index (κ2) is 8.27. The fraction of sp³-hybridized carbons (Fsp3) is 0.238. The topological polar surface area (TPSA) is 71.3 Å². The van der Waals surface area contributed by atoms with Crippen LogP contribution in [0.2, 0.25) is 0 Å². The van der Waals surface area contributed by atoms with Gasteiger partial charge in [-0.15, -0.1) is 0 Å². The molecule has 0 aliphatic heterocycles. The molecule has 5 nitrogen and oxygen atoms in total. The number of amides is 1. The van der Waals surface area contributed by atoms with Gasteiger partial charge in [-0.2, -0.15) is 13.2 Å². The van der Waals surface area contributed by atoms with Crippen molar-refractivity contribution >= 4 is 22.4 Å². The number of halogens is 4. The van der Waals surface area contributed by atoms with Gasteiger partial charge in [-0.3, -0.25) is 9.59 Å². The summed E-state index contributed by atoms with van der Waals surface area (Å²) in [4.78, 5) is 25.0. The number of carbonyl (C=O) groups excluding carboxylic acids is 1. The van der Waals surface area contributed by atoms with Crippen molar-refractivity contribution in [2.45, 2.75) is 26.1 Å². The molecule has 0 saturated heterocycles. The maximum Gasteiger partial charge on any atom is 0.419 e. The average Bonchev–Trinajstić information content (AvgIpc) is 2.67. The fourth-order valence-corrected chi connectivity index (χ4v) is 3.22. The van der Waals surface area contributed by atoms with Crippen LogP contribution >= 0.6 is 0 Å². The highest BCUT2D eigenvalue weighted by molar-refractivity contribution is 6.03. The maximum absolute atomic E-state index is 14.2. The molecule has 0 spiro atoms. The summed E-state index contributed by atoms with van der Waals surface area (Å²) < 4.78 is 54.2. The molecule has 9 heteroatoms. The number of alkyl halides is 3. The van der Waals surface area contributed by atoms with Gasteiger partial charge in [0, 0.05) is 23.5 Å². The van der Waals surface area contributed by atoms with E-state index in [0.717, 1.165) is 12.1 Å². The van der Waals surface area contributed by atoms with Crippen LogP contribution in [0.5, 0.6) is 0 Å². The zero-order valence-electron chi connectivity index (χ0n) is 15.9. The normalized spacial score (nSPS) is 11.7. The predicted molar refractivity (Wildman–Crippen MR) is 104 cm³/mol. The Morgan fingerprint density at radius 1 is 1.13 bits per heavy atom. The minimum atomic E-state index is -4.86. The Balaban J connectivity index is 1.94. The van der Waals surface area contributed by atoms with E-state index in [4.69, 9.17) is 5.11 Å².